The van der Waals surface area contributed by atoms with Crippen molar-refractivity contribution >= 4 is 46.3 Å². The van der Waals surface area contributed by atoms with E-state index in [2.05, 4.69) is 0 Å². The Balaban J connectivity index is 2.14. The number of hydrogen-bond acceptors (Lipinski definition) is 4. The lowest BCUT2D eigenvalue weighted by Gasteiger charge is -2.12. The highest BCUT2D eigenvalue weighted by Gasteiger charge is 2.31. The molecule has 6 heteroatoms. The van der Waals surface area contributed by atoms with E-state index in [9.17, 15) is 9.59 Å². The zero-order valence-electron chi connectivity index (χ0n) is 10.8. The fraction of sp³-hybridized carbons (Fsp3) is 0.214. The molecule has 1 heterocycles. The van der Waals surface area contributed by atoms with Crippen molar-refractivity contribution in [3.63, 3.8) is 0 Å². The van der Waals surface area contributed by atoms with Crippen molar-refractivity contribution in [2.45, 2.75) is 13.3 Å². The zero-order valence-corrected chi connectivity index (χ0v) is 12.5. The van der Waals surface area contributed by atoms with Crippen LogP contribution in [0.2, 0.25) is 0 Å². The fourth-order valence-corrected chi connectivity index (χ4v) is 3.02. The Hall–Kier alpha value is -1.66. The molecule has 0 bridgehead atoms. The molecule has 1 aliphatic heterocycles. The van der Waals surface area contributed by atoms with Crippen LogP contribution in [0.4, 0.5) is 0 Å². The van der Waals surface area contributed by atoms with Crippen LogP contribution < -0.4 is 0 Å². The molecular formula is C14H13NO3S2. The lowest BCUT2D eigenvalue weighted by molar-refractivity contribution is -0.137. The quantitative estimate of drug-likeness (QED) is 0.684. The van der Waals surface area contributed by atoms with Gasteiger partial charge in [-0.1, -0.05) is 53.8 Å². The number of thiocarbonyl (C=S) groups is 1. The molecule has 0 spiro atoms. The predicted molar refractivity (Wildman–Crippen MR) is 83.3 cm³/mol. The molecule has 2 rings (SSSR count). The van der Waals surface area contributed by atoms with Crippen molar-refractivity contribution in [1.82, 2.24) is 4.90 Å². The summed E-state index contributed by atoms with van der Waals surface area (Å²) in [4.78, 5) is 24.6. The van der Waals surface area contributed by atoms with Crippen molar-refractivity contribution in [3.8, 4) is 0 Å². The van der Waals surface area contributed by atoms with Crippen LogP contribution in [-0.4, -0.2) is 32.7 Å². The largest absolute Gasteiger partial charge is 0.481 e. The number of carbonyl (C=O) groups is 2. The lowest BCUT2D eigenvalue weighted by Crippen LogP contribution is -2.30. The van der Waals surface area contributed by atoms with Crippen LogP contribution in [0.3, 0.4) is 0 Å². The Labute approximate surface area is 126 Å². The molecular weight excluding hydrogens is 294 g/mol. The minimum atomic E-state index is -0.943. The van der Waals surface area contributed by atoms with E-state index in [0.29, 0.717) is 9.23 Å². The van der Waals surface area contributed by atoms with Gasteiger partial charge in [0.2, 0.25) is 0 Å². The van der Waals surface area contributed by atoms with Crippen LogP contribution >= 0.6 is 24.0 Å². The number of rotatable bonds is 4. The van der Waals surface area contributed by atoms with Crippen molar-refractivity contribution < 1.29 is 14.7 Å². The molecule has 1 saturated heterocycles. The maximum Gasteiger partial charge on any atom is 0.305 e. The van der Waals surface area contributed by atoms with E-state index in [1.165, 1.54) is 16.7 Å². The minimum absolute atomic E-state index is 0.107. The number of carboxylic acid groups (broad SMARTS) is 1. The van der Waals surface area contributed by atoms with Crippen molar-refractivity contribution in [3.05, 3.63) is 40.3 Å². The second kappa shape index (κ2) is 6.19. The van der Waals surface area contributed by atoms with Crippen molar-refractivity contribution in [1.29, 1.82) is 0 Å². The van der Waals surface area contributed by atoms with Crippen LogP contribution in [0.25, 0.3) is 6.08 Å². The highest BCUT2D eigenvalue weighted by atomic mass is 32.2. The van der Waals surface area contributed by atoms with E-state index in [-0.39, 0.29) is 18.9 Å². The van der Waals surface area contributed by atoms with Gasteiger partial charge < -0.3 is 5.11 Å². The monoisotopic (exact) mass is 307 g/mol. The number of carbonyl (C=O) groups excluding carboxylic acids is 1. The maximum atomic E-state index is 12.2. The third kappa shape index (κ3) is 3.46. The Kier molecular flexibility index (Phi) is 4.57. The second-order valence-electron chi connectivity index (χ2n) is 4.39. The summed E-state index contributed by atoms with van der Waals surface area (Å²) in [5.74, 6) is -1.16. The molecule has 0 aliphatic carbocycles. The molecule has 1 aliphatic rings. The van der Waals surface area contributed by atoms with Crippen molar-refractivity contribution in [2.24, 2.45) is 0 Å². The van der Waals surface area contributed by atoms with Gasteiger partial charge >= 0.3 is 5.97 Å². The number of nitrogens with zero attached hydrogens (tertiary/aromatic N) is 1. The standard InChI is InChI=1S/C14H13NO3S2/c1-9-2-4-10(5-3-9)8-11-13(18)15(14(19)20-11)7-6-12(16)17/h2-5,8H,6-7H2,1H3,(H,16,17)/b11-8+. The summed E-state index contributed by atoms with van der Waals surface area (Å²) >= 11 is 6.33. The summed E-state index contributed by atoms with van der Waals surface area (Å²) < 4.78 is 0.412. The Morgan fingerprint density at radius 3 is 2.65 bits per heavy atom. The minimum Gasteiger partial charge on any atom is -0.481 e. The molecule has 0 atom stereocenters. The molecule has 0 radical (unpaired) electrons. The summed E-state index contributed by atoms with van der Waals surface area (Å²) in [6.45, 7) is 2.11. The summed E-state index contributed by atoms with van der Waals surface area (Å²) in [5.41, 5.74) is 2.07. The molecule has 20 heavy (non-hydrogen) atoms. The fourth-order valence-electron chi connectivity index (χ4n) is 1.71. The zero-order chi connectivity index (χ0) is 14.7. The van der Waals surface area contributed by atoms with Crippen LogP contribution in [0.5, 0.6) is 0 Å². The van der Waals surface area contributed by atoms with Gasteiger partial charge in [-0.2, -0.15) is 0 Å². The number of aryl methyl sites for hydroxylation is 1. The first kappa shape index (κ1) is 14.7. The van der Waals surface area contributed by atoms with E-state index in [0.717, 1.165) is 11.1 Å². The van der Waals surface area contributed by atoms with Crippen LogP contribution in [0.1, 0.15) is 17.5 Å². The van der Waals surface area contributed by atoms with E-state index >= 15 is 0 Å². The normalized spacial score (nSPS) is 17.1. The SMILES string of the molecule is Cc1ccc(/C=C2/SC(=S)N(CCC(=O)O)C2=O)cc1. The van der Waals surface area contributed by atoms with Gasteiger partial charge in [0.25, 0.3) is 5.91 Å². The average molecular weight is 307 g/mol. The lowest BCUT2D eigenvalue weighted by atomic mass is 10.1. The van der Waals surface area contributed by atoms with Crippen LogP contribution in [-0.2, 0) is 9.59 Å². The van der Waals surface area contributed by atoms with Gasteiger partial charge in [-0.25, -0.2) is 0 Å². The van der Waals surface area contributed by atoms with E-state index in [4.69, 9.17) is 17.3 Å². The highest BCUT2D eigenvalue weighted by Crippen LogP contribution is 2.32. The molecule has 1 N–H and O–H groups in total. The summed E-state index contributed by atoms with van der Waals surface area (Å²) in [7, 11) is 0. The number of aliphatic carboxylic acids is 1. The highest BCUT2D eigenvalue weighted by molar-refractivity contribution is 8.26. The van der Waals surface area contributed by atoms with Gasteiger partial charge in [0, 0.05) is 6.54 Å². The number of amides is 1. The van der Waals surface area contributed by atoms with Crippen LogP contribution in [0, 0.1) is 6.92 Å². The smallest absolute Gasteiger partial charge is 0.305 e. The summed E-state index contributed by atoms with van der Waals surface area (Å²) in [6.07, 6.45) is 1.67. The van der Waals surface area contributed by atoms with E-state index in [1.54, 1.807) is 6.08 Å². The average Bonchev–Trinajstić information content (AvgIpc) is 2.65. The molecule has 1 aromatic carbocycles. The molecule has 0 unspecified atom stereocenters. The summed E-state index contributed by atoms with van der Waals surface area (Å²) in [5, 5.41) is 8.67. The predicted octanol–water partition coefficient (Wildman–Crippen LogP) is 2.67. The number of benzene rings is 1. The van der Waals surface area contributed by atoms with Gasteiger partial charge in [0.05, 0.1) is 11.3 Å². The molecule has 1 aromatic rings. The van der Waals surface area contributed by atoms with Gasteiger partial charge in [0.15, 0.2) is 0 Å². The molecule has 1 amide bonds. The first-order chi connectivity index (χ1) is 9.47. The van der Waals surface area contributed by atoms with Gasteiger partial charge in [-0.05, 0) is 18.6 Å². The van der Waals surface area contributed by atoms with Gasteiger partial charge in [-0.15, -0.1) is 0 Å². The molecule has 104 valence electrons. The van der Waals surface area contributed by atoms with E-state index < -0.39 is 5.97 Å². The molecule has 1 fully saturated rings. The van der Waals surface area contributed by atoms with Gasteiger partial charge in [-0.3, -0.25) is 14.5 Å². The second-order valence-corrected chi connectivity index (χ2v) is 6.06. The third-order valence-electron chi connectivity index (χ3n) is 2.80. The number of hydrogen-bond donors (Lipinski definition) is 1. The summed E-state index contributed by atoms with van der Waals surface area (Å²) in [6, 6.07) is 7.80. The van der Waals surface area contributed by atoms with E-state index in [1.807, 2.05) is 31.2 Å². The van der Waals surface area contributed by atoms with Crippen molar-refractivity contribution in [2.75, 3.05) is 6.54 Å². The first-order valence-corrected chi connectivity index (χ1v) is 7.23. The molecule has 0 saturated carbocycles. The maximum absolute atomic E-state index is 12.2. The Morgan fingerprint density at radius 2 is 2.05 bits per heavy atom. The van der Waals surface area contributed by atoms with Gasteiger partial charge in [0.1, 0.15) is 4.32 Å². The number of thioether (sulfide) groups is 1. The molecule has 4 nitrogen and oxygen atoms in total. The van der Waals surface area contributed by atoms with Crippen LogP contribution in [0.15, 0.2) is 29.2 Å². The Bertz CT molecular complexity index is 593. The number of carboxylic acids is 1. The Morgan fingerprint density at radius 1 is 1.40 bits per heavy atom. The topological polar surface area (TPSA) is 57.6 Å². The third-order valence-corrected chi connectivity index (χ3v) is 4.18. The molecule has 0 aromatic heterocycles. The first-order valence-electron chi connectivity index (χ1n) is 6.01.